The number of nitrogens with one attached hydrogen (secondary N) is 1. The highest BCUT2D eigenvalue weighted by atomic mass is 16.2. The van der Waals surface area contributed by atoms with Crippen molar-refractivity contribution in [3.8, 4) is 0 Å². The minimum atomic E-state index is -0.773. The Labute approximate surface area is 165 Å². The van der Waals surface area contributed by atoms with Gasteiger partial charge in [0.25, 0.3) is 0 Å². The van der Waals surface area contributed by atoms with Crippen LogP contribution in [0.5, 0.6) is 0 Å². The summed E-state index contributed by atoms with van der Waals surface area (Å²) in [5, 5.41) is 2.86. The Morgan fingerprint density at radius 3 is 1.79 bits per heavy atom. The van der Waals surface area contributed by atoms with Crippen molar-refractivity contribution in [2.75, 3.05) is 0 Å². The summed E-state index contributed by atoms with van der Waals surface area (Å²) in [6, 6.07) is 26.1. The van der Waals surface area contributed by atoms with E-state index >= 15 is 0 Å². The molecule has 2 amide bonds. The molecular formula is C24H24N2O2. The van der Waals surface area contributed by atoms with Crippen molar-refractivity contribution in [2.45, 2.75) is 25.3 Å². The van der Waals surface area contributed by atoms with Gasteiger partial charge in [0.1, 0.15) is 6.04 Å². The van der Waals surface area contributed by atoms with Crippen molar-refractivity contribution in [3.63, 3.8) is 0 Å². The third-order valence-corrected chi connectivity index (χ3v) is 4.75. The summed E-state index contributed by atoms with van der Waals surface area (Å²) in [7, 11) is 0. The molecule has 0 saturated carbocycles. The SMILES string of the molecule is Cc1ccc(C[C@H](NC(=O)C(c2ccccc2)c2ccccc2)C(N)=O)cc1. The highest BCUT2D eigenvalue weighted by molar-refractivity contribution is 5.92. The van der Waals surface area contributed by atoms with Crippen molar-refractivity contribution >= 4 is 11.8 Å². The first-order valence-electron chi connectivity index (χ1n) is 9.29. The zero-order chi connectivity index (χ0) is 19.9. The Bertz CT molecular complexity index is 882. The van der Waals surface area contributed by atoms with Crippen LogP contribution in [0.3, 0.4) is 0 Å². The predicted octanol–water partition coefficient (Wildman–Crippen LogP) is 3.34. The van der Waals surface area contributed by atoms with E-state index in [9.17, 15) is 9.59 Å². The first-order chi connectivity index (χ1) is 13.5. The van der Waals surface area contributed by atoms with E-state index in [1.165, 1.54) is 0 Å². The van der Waals surface area contributed by atoms with E-state index in [0.717, 1.165) is 22.3 Å². The Morgan fingerprint density at radius 2 is 1.32 bits per heavy atom. The maximum atomic E-state index is 13.2. The van der Waals surface area contributed by atoms with Crippen molar-refractivity contribution in [2.24, 2.45) is 5.73 Å². The van der Waals surface area contributed by atoms with Gasteiger partial charge in [0.05, 0.1) is 5.92 Å². The molecule has 4 heteroatoms. The summed E-state index contributed by atoms with van der Waals surface area (Å²) in [5.41, 5.74) is 9.40. The molecular weight excluding hydrogens is 348 g/mol. The number of amides is 2. The molecule has 28 heavy (non-hydrogen) atoms. The molecule has 0 aliphatic carbocycles. The lowest BCUT2D eigenvalue weighted by Crippen LogP contribution is -2.47. The first-order valence-corrected chi connectivity index (χ1v) is 9.29. The number of primary amides is 1. The molecule has 0 saturated heterocycles. The van der Waals surface area contributed by atoms with Gasteiger partial charge in [-0.2, -0.15) is 0 Å². The minimum absolute atomic E-state index is 0.242. The molecule has 4 nitrogen and oxygen atoms in total. The van der Waals surface area contributed by atoms with Crippen LogP contribution in [0.4, 0.5) is 0 Å². The quantitative estimate of drug-likeness (QED) is 0.668. The molecule has 3 rings (SSSR count). The largest absolute Gasteiger partial charge is 0.368 e. The fourth-order valence-corrected chi connectivity index (χ4v) is 3.22. The summed E-state index contributed by atoms with van der Waals surface area (Å²) in [6.07, 6.45) is 0.359. The lowest BCUT2D eigenvalue weighted by molar-refractivity contribution is -0.127. The van der Waals surface area contributed by atoms with Crippen LogP contribution in [0.2, 0.25) is 0 Å². The van der Waals surface area contributed by atoms with Crippen LogP contribution < -0.4 is 11.1 Å². The number of hydrogen-bond acceptors (Lipinski definition) is 2. The van der Waals surface area contributed by atoms with Gasteiger partial charge in [0.15, 0.2) is 0 Å². The van der Waals surface area contributed by atoms with Gasteiger partial charge in [-0.05, 0) is 23.6 Å². The number of benzene rings is 3. The van der Waals surface area contributed by atoms with E-state index in [1.54, 1.807) is 0 Å². The molecule has 142 valence electrons. The van der Waals surface area contributed by atoms with E-state index in [4.69, 9.17) is 5.73 Å². The lowest BCUT2D eigenvalue weighted by Gasteiger charge is -2.22. The van der Waals surface area contributed by atoms with Crippen LogP contribution in [0.15, 0.2) is 84.9 Å². The van der Waals surface area contributed by atoms with Gasteiger partial charge < -0.3 is 11.1 Å². The van der Waals surface area contributed by atoms with Crippen molar-refractivity contribution in [1.82, 2.24) is 5.32 Å². The standard InChI is InChI=1S/C24H24N2O2/c1-17-12-14-18(15-13-17)16-21(23(25)27)26-24(28)22(19-8-4-2-5-9-19)20-10-6-3-7-11-20/h2-15,21-22H,16H2,1H3,(H2,25,27)(H,26,28)/t21-/m0/s1. The van der Waals surface area contributed by atoms with Gasteiger partial charge in [-0.25, -0.2) is 0 Å². The molecule has 0 radical (unpaired) electrons. The second kappa shape index (κ2) is 9.00. The molecule has 3 N–H and O–H groups in total. The van der Waals surface area contributed by atoms with Crippen LogP contribution in [0.1, 0.15) is 28.2 Å². The van der Waals surface area contributed by atoms with E-state index < -0.39 is 17.9 Å². The van der Waals surface area contributed by atoms with Gasteiger partial charge in [-0.1, -0.05) is 90.5 Å². The van der Waals surface area contributed by atoms with Gasteiger partial charge in [-0.3, -0.25) is 9.59 Å². The molecule has 0 bridgehead atoms. The molecule has 3 aromatic rings. The van der Waals surface area contributed by atoms with Crippen LogP contribution >= 0.6 is 0 Å². The Hall–Kier alpha value is -3.40. The Morgan fingerprint density at radius 1 is 0.821 bits per heavy atom. The number of carbonyl (C=O) groups excluding carboxylic acids is 2. The average Bonchev–Trinajstić information content (AvgIpc) is 2.71. The molecule has 0 heterocycles. The van der Waals surface area contributed by atoms with Gasteiger partial charge in [0, 0.05) is 6.42 Å². The zero-order valence-corrected chi connectivity index (χ0v) is 15.8. The Kier molecular flexibility index (Phi) is 6.22. The monoisotopic (exact) mass is 372 g/mol. The molecule has 0 unspecified atom stereocenters. The molecule has 0 spiro atoms. The molecule has 0 aliphatic rings. The fourth-order valence-electron chi connectivity index (χ4n) is 3.22. The van der Waals surface area contributed by atoms with Gasteiger partial charge in [0.2, 0.25) is 11.8 Å². The number of hydrogen-bond donors (Lipinski definition) is 2. The molecule has 0 fully saturated rings. The summed E-state index contributed by atoms with van der Waals surface area (Å²) in [4.78, 5) is 25.2. The second-order valence-corrected chi connectivity index (χ2v) is 6.91. The first kappa shape index (κ1) is 19.4. The van der Waals surface area contributed by atoms with E-state index in [0.29, 0.717) is 6.42 Å². The van der Waals surface area contributed by atoms with Crippen LogP contribution in [0.25, 0.3) is 0 Å². The second-order valence-electron chi connectivity index (χ2n) is 6.91. The molecule has 0 aliphatic heterocycles. The van der Waals surface area contributed by atoms with Gasteiger partial charge >= 0.3 is 0 Å². The molecule has 3 aromatic carbocycles. The molecule has 0 aromatic heterocycles. The number of nitrogens with two attached hydrogens (primary N) is 1. The predicted molar refractivity (Wildman–Crippen MR) is 111 cm³/mol. The Balaban J connectivity index is 1.85. The summed E-state index contributed by atoms with van der Waals surface area (Å²) in [5.74, 6) is -1.30. The van der Waals surface area contributed by atoms with Crippen molar-refractivity contribution < 1.29 is 9.59 Å². The topological polar surface area (TPSA) is 72.2 Å². The normalized spacial score (nSPS) is 11.8. The fraction of sp³-hybridized carbons (Fsp3) is 0.167. The van der Waals surface area contributed by atoms with Crippen LogP contribution in [-0.4, -0.2) is 17.9 Å². The third kappa shape index (κ3) is 4.86. The zero-order valence-electron chi connectivity index (χ0n) is 15.8. The minimum Gasteiger partial charge on any atom is -0.368 e. The third-order valence-electron chi connectivity index (χ3n) is 4.75. The summed E-state index contributed by atoms with van der Waals surface area (Å²) < 4.78 is 0. The van der Waals surface area contributed by atoms with E-state index in [-0.39, 0.29) is 5.91 Å². The lowest BCUT2D eigenvalue weighted by atomic mass is 9.90. The highest BCUT2D eigenvalue weighted by Crippen LogP contribution is 2.25. The van der Waals surface area contributed by atoms with Crippen molar-refractivity contribution in [3.05, 3.63) is 107 Å². The number of aryl methyl sites for hydroxylation is 1. The summed E-state index contributed by atoms with van der Waals surface area (Å²) >= 11 is 0. The molecule has 1 atom stereocenters. The van der Waals surface area contributed by atoms with Crippen LogP contribution in [-0.2, 0) is 16.0 Å². The van der Waals surface area contributed by atoms with E-state index in [1.807, 2.05) is 91.9 Å². The average molecular weight is 372 g/mol. The number of carbonyl (C=O) groups is 2. The van der Waals surface area contributed by atoms with Gasteiger partial charge in [-0.15, -0.1) is 0 Å². The summed E-state index contributed by atoms with van der Waals surface area (Å²) in [6.45, 7) is 2.00. The smallest absolute Gasteiger partial charge is 0.240 e. The van der Waals surface area contributed by atoms with Crippen LogP contribution in [0, 0.1) is 6.92 Å². The van der Waals surface area contributed by atoms with Crippen molar-refractivity contribution in [1.29, 1.82) is 0 Å². The number of rotatable bonds is 7. The van der Waals surface area contributed by atoms with E-state index in [2.05, 4.69) is 5.32 Å². The maximum absolute atomic E-state index is 13.2. The maximum Gasteiger partial charge on any atom is 0.240 e. The highest BCUT2D eigenvalue weighted by Gasteiger charge is 2.27.